The van der Waals surface area contributed by atoms with Crippen molar-refractivity contribution in [2.75, 3.05) is 5.75 Å². The molecule has 9 heteroatoms. The van der Waals surface area contributed by atoms with Crippen LogP contribution in [-0.4, -0.2) is 19.1 Å². The summed E-state index contributed by atoms with van der Waals surface area (Å²) in [7, 11) is -6.09. The minimum absolute atomic E-state index is 0.854. The third-order valence-electron chi connectivity index (χ3n) is 2.10. The van der Waals surface area contributed by atoms with Crippen LogP contribution < -0.4 is 0 Å². The summed E-state index contributed by atoms with van der Waals surface area (Å²) in [6, 6.07) is 0. The minimum atomic E-state index is -6.09. The summed E-state index contributed by atoms with van der Waals surface area (Å²) in [6.45, 7) is 0.854. The molecule has 1 aromatic carbocycles. The van der Waals surface area contributed by atoms with Crippen molar-refractivity contribution in [3.63, 3.8) is 0 Å². The predicted octanol–water partition coefficient (Wildman–Crippen LogP) is 2.53. The molecule has 0 aliphatic rings. The van der Waals surface area contributed by atoms with Gasteiger partial charge in [-0.05, 0) is 0 Å². The molecule has 0 aliphatic heterocycles. The molecule has 0 radical (unpaired) electrons. The molecule has 17 heavy (non-hydrogen) atoms. The van der Waals surface area contributed by atoms with E-state index in [4.69, 9.17) is 9.11 Å². The van der Waals surface area contributed by atoms with Crippen molar-refractivity contribution in [2.45, 2.75) is 11.8 Å². The van der Waals surface area contributed by atoms with Crippen molar-refractivity contribution in [3.8, 4) is 0 Å². The number of hydrogen-bond donors (Lipinski definition) is 2. The zero-order chi connectivity index (χ0) is 13.6. The molecule has 0 aromatic heterocycles. The van der Waals surface area contributed by atoms with Crippen molar-refractivity contribution in [1.82, 2.24) is 0 Å². The Balaban J connectivity index is 3.87. The molecule has 0 spiro atoms. The second-order valence-electron chi connectivity index (χ2n) is 3.20. The lowest BCUT2D eigenvalue weighted by Gasteiger charge is -2.30. The number of benzene rings is 1. The normalized spacial score (nSPS) is 14.5. The lowest BCUT2D eigenvalue weighted by Crippen LogP contribution is -2.37. The van der Waals surface area contributed by atoms with Gasteiger partial charge in [-0.25, -0.2) is 26.2 Å². The van der Waals surface area contributed by atoms with E-state index in [9.17, 15) is 26.2 Å². The van der Waals surface area contributed by atoms with E-state index in [1.165, 1.54) is 0 Å². The fourth-order valence-electron chi connectivity index (χ4n) is 1.09. The Morgan fingerprint density at radius 2 is 1.18 bits per heavy atom. The van der Waals surface area contributed by atoms with Gasteiger partial charge in [0.25, 0.3) is 0 Å². The topological polar surface area (TPSA) is 57.5 Å². The van der Waals surface area contributed by atoms with Gasteiger partial charge in [-0.3, -0.25) is 0 Å². The van der Waals surface area contributed by atoms with Gasteiger partial charge >= 0.3 is 0 Å². The summed E-state index contributed by atoms with van der Waals surface area (Å²) < 4.78 is 94.0. The first-order valence-corrected chi connectivity index (χ1v) is 6.23. The molecule has 2 N–H and O–H groups in total. The highest BCUT2D eigenvalue weighted by molar-refractivity contribution is 8.10. The Morgan fingerprint density at radius 3 is 1.47 bits per heavy atom. The Kier molecular flexibility index (Phi) is 3.06. The lowest BCUT2D eigenvalue weighted by atomic mass is 10.3. The molecule has 1 aromatic rings. The first-order chi connectivity index (χ1) is 7.51. The Morgan fingerprint density at radius 1 is 0.882 bits per heavy atom. The van der Waals surface area contributed by atoms with E-state index >= 15 is 0 Å². The Bertz CT molecular complexity index is 522. The zero-order valence-corrected chi connectivity index (χ0v) is 9.12. The van der Waals surface area contributed by atoms with Gasteiger partial charge in [0, 0.05) is 5.75 Å². The van der Waals surface area contributed by atoms with Crippen LogP contribution in [-0.2, 0) is 9.63 Å². The van der Waals surface area contributed by atoms with Crippen LogP contribution in [0.2, 0.25) is 0 Å². The van der Waals surface area contributed by atoms with Crippen LogP contribution in [0.4, 0.5) is 22.0 Å². The summed E-state index contributed by atoms with van der Waals surface area (Å²) in [5.74, 6) is -13.4. The maximum Gasteiger partial charge on any atom is 0.200 e. The van der Waals surface area contributed by atoms with Gasteiger partial charge in [-0.1, -0.05) is 6.92 Å². The van der Waals surface area contributed by atoms with E-state index in [0.29, 0.717) is 0 Å². The van der Waals surface area contributed by atoms with E-state index in [1.807, 2.05) is 0 Å². The van der Waals surface area contributed by atoms with Gasteiger partial charge in [0.2, 0.25) is 5.82 Å². The van der Waals surface area contributed by atoms with Crippen molar-refractivity contribution in [3.05, 3.63) is 29.1 Å². The van der Waals surface area contributed by atoms with E-state index in [2.05, 4.69) is 0 Å². The van der Waals surface area contributed by atoms with E-state index < -0.39 is 49.4 Å². The summed E-state index contributed by atoms with van der Waals surface area (Å²) in [5, 5.41) is 0. The van der Waals surface area contributed by atoms with Gasteiger partial charge in [0.1, 0.15) is 14.5 Å². The van der Waals surface area contributed by atoms with Gasteiger partial charge in [-0.15, -0.1) is 0 Å². The molecule has 0 saturated heterocycles. The fourth-order valence-corrected chi connectivity index (χ4v) is 2.28. The molecule has 0 fully saturated rings. The van der Waals surface area contributed by atoms with Gasteiger partial charge in [-0.2, -0.15) is 0 Å². The molecule has 0 unspecified atom stereocenters. The molecule has 1 rings (SSSR count). The van der Waals surface area contributed by atoms with Crippen molar-refractivity contribution < 1.29 is 35.3 Å². The molecule has 0 heterocycles. The standard InChI is InChI=1S/C8H7F5O3S/c1-2-17(14,15,16)8-6(12)4(10)3(9)5(11)7(8)13/h2H2,1H3,(H2,14,15,16). The van der Waals surface area contributed by atoms with Crippen LogP contribution >= 0.6 is 0 Å². The Hall–Kier alpha value is -1.06. The third kappa shape index (κ3) is 2.05. The van der Waals surface area contributed by atoms with Crippen molar-refractivity contribution in [1.29, 1.82) is 0 Å². The van der Waals surface area contributed by atoms with E-state index in [-0.39, 0.29) is 0 Å². The molecule has 0 atom stereocenters. The van der Waals surface area contributed by atoms with Crippen LogP contribution in [0.5, 0.6) is 0 Å². The highest BCUT2D eigenvalue weighted by atomic mass is 32.3. The highest BCUT2D eigenvalue weighted by Crippen LogP contribution is 2.36. The minimum Gasteiger partial charge on any atom is -0.304 e. The second-order valence-corrected chi connectivity index (χ2v) is 6.22. The van der Waals surface area contributed by atoms with Crippen LogP contribution in [0.3, 0.4) is 0 Å². The predicted molar refractivity (Wildman–Crippen MR) is 48.4 cm³/mol. The number of rotatable bonds is 2. The molecule has 0 aliphatic carbocycles. The van der Waals surface area contributed by atoms with E-state index in [0.717, 1.165) is 6.92 Å². The number of hydrogen-bond acceptors (Lipinski definition) is 1. The monoisotopic (exact) mass is 278 g/mol. The van der Waals surface area contributed by atoms with Crippen LogP contribution in [0.1, 0.15) is 6.92 Å². The summed E-state index contributed by atoms with van der Waals surface area (Å²) in [5.41, 5.74) is 0. The molecule has 0 saturated carbocycles. The van der Waals surface area contributed by atoms with Gasteiger partial charge in [0.15, 0.2) is 23.3 Å². The molecule has 98 valence electrons. The van der Waals surface area contributed by atoms with Crippen LogP contribution in [0.15, 0.2) is 4.90 Å². The Labute approximate surface area is 92.3 Å². The number of halogens is 5. The largest absolute Gasteiger partial charge is 0.304 e. The molecular formula is C8H7F5O3S. The molecule has 0 amide bonds. The van der Waals surface area contributed by atoms with E-state index in [1.54, 1.807) is 0 Å². The average molecular weight is 278 g/mol. The summed E-state index contributed by atoms with van der Waals surface area (Å²) in [4.78, 5) is -2.11. The van der Waals surface area contributed by atoms with Crippen LogP contribution in [0.25, 0.3) is 0 Å². The smallest absolute Gasteiger partial charge is 0.200 e. The zero-order valence-electron chi connectivity index (χ0n) is 8.31. The van der Waals surface area contributed by atoms with Gasteiger partial charge < -0.3 is 9.11 Å². The first-order valence-electron chi connectivity index (χ1n) is 4.18. The quantitative estimate of drug-likeness (QED) is 0.496. The summed E-state index contributed by atoms with van der Waals surface area (Å²) >= 11 is 0. The van der Waals surface area contributed by atoms with Crippen molar-refractivity contribution >= 4 is 9.63 Å². The molecular weight excluding hydrogens is 271 g/mol. The first kappa shape index (κ1) is 14.0. The molecule has 0 bridgehead atoms. The SMILES string of the molecule is CCS(=O)(O)(O)c1c(F)c(F)c(F)c(F)c1F. The van der Waals surface area contributed by atoms with Gasteiger partial charge in [0.05, 0.1) is 0 Å². The summed E-state index contributed by atoms with van der Waals surface area (Å²) in [6.07, 6.45) is 0. The third-order valence-corrected chi connectivity index (χ3v) is 4.32. The average Bonchev–Trinajstić information content (AvgIpc) is 2.23. The lowest BCUT2D eigenvalue weighted by molar-refractivity contribution is 0.333. The maximum atomic E-state index is 13.1. The second kappa shape index (κ2) is 3.72. The van der Waals surface area contributed by atoms with Crippen molar-refractivity contribution in [2.24, 2.45) is 0 Å². The van der Waals surface area contributed by atoms with Crippen LogP contribution in [0, 0.1) is 29.1 Å². The highest BCUT2D eigenvalue weighted by Gasteiger charge is 2.41. The fraction of sp³-hybridized carbons (Fsp3) is 0.250. The maximum absolute atomic E-state index is 13.1. The molecule has 3 nitrogen and oxygen atoms in total.